The topological polar surface area (TPSA) is 103 Å². The second-order valence-electron chi connectivity index (χ2n) is 6.51. The summed E-state index contributed by atoms with van der Waals surface area (Å²) in [6.07, 6.45) is 0. The SMILES string of the molecule is COc1cc(C(=O)OCC(=O)NNC(=O)c2ccccc2)ccc1OCC(C)C. The maximum Gasteiger partial charge on any atom is 0.338 e. The van der Waals surface area contributed by atoms with Crippen molar-refractivity contribution < 1.29 is 28.6 Å². The van der Waals surface area contributed by atoms with Crippen molar-refractivity contribution in [2.75, 3.05) is 20.3 Å². The predicted octanol–water partition coefficient (Wildman–Crippen LogP) is 2.35. The van der Waals surface area contributed by atoms with Crippen LogP contribution in [0.3, 0.4) is 0 Å². The molecule has 0 aliphatic rings. The molecule has 0 saturated heterocycles. The van der Waals surface area contributed by atoms with Gasteiger partial charge in [0, 0.05) is 5.56 Å². The largest absolute Gasteiger partial charge is 0.493 e. The zero-order valence-corrected chi connectivity index (χ0v) is 16.6. The summed E-state index contributed by atoms with van der Waals surface area (Å²) >= 11 is 0. The molecule has 0 radical (unpaired) electrons. The lowest BCUT2D eigenvalue weighted by Gasteiger charge is -2.13. The number of esters is 1. The Bertz CT molecular complexity index is 852. The average molecular weight is 400 g/mol. The van der Waals surface area contributed by atoms with E-state index in [4.69, 9.17) is 14.2 Å². The van der Waals surface area contributed by atoms with E-state index < -0.39 is 24.4 Å². The zero-order valence-electron chi connectivity index (χ0n) is 16.6. The van der Waals surface area contributed by atoms with Crippen LogP contribution in [0.1, 0.15) is 34.6 Å². The van der Waals surface area contributed by atoms with Crippen LogP contribution in [0.2, 0.25) is 0 Å². The Morgan fingerprint density at radius 1 is 0.931 bits per heavy atom. The molecule has 8 nitrogen and oxygen atoms in total. The number of carbonyl (C=O) groups is 3. The molecule has 0 spiro atoms. The molecule has 2 amide bonds. The highest BCUT2D eigenvalue weighted by Gasteiger charge is 2.15. The monoisotopic (exact) mass is 400 g/mol. The fourth-order valence-corrected chi connectivity index (χ4v) is 2.21. The summed E-state index contributed by atoms with van der Waals surface area (Å²) < 4.78 is 15.8. The third kappa shape index (κ3) is 6.84. The van der Waals surface area contributed by atoms with Gasteiger partial charge in [-0.1, -0.05) is 32.0 Å². The molecule has 0 heterocycles. The van der Waals surface area contributed by atoms with Gasteiger partial charge in [0.1, 0.15) is 0 Å². The van der Waals surface area contributed by atoms with E-state index in [2.05, 4.69) is 10.9 Å². The smallest absolute Gasteiger partial charge is 0.338 e. The van der Waals surface area contributed by atoms with Crippen molar-refractivity contribution in [3.8, 4) is 11.5 Å². The van der Waals surface area contributed by atoms with Crippen LogP contribution < -0.4 is 20.3 Å². The lowest BCUT2D eigenvalue weighted by atomic mass is 10.2. The molecule has 0 aliphatic heterocycles. The lowest BCUT2D eigenvalue weighted by molar-refractivity contribution is -0.125. The third-order valence-corrected chi connectivity index (χ3v) is 3.66. The molecule has 154 valence electrons. The molecule has 0 aliphatic carbocycles. The highest BCUT2D eigenvalue weighted by molar-refractivity contribution is 5.96. The quantitative estimate of drug-likeness (QED) is 0.521. The maximum atomic E-state index is 12.2. The molecular formula is C21H24N2O6. The normalized spacial score (nSPS) is 10.2. The number of carbonyl (C=O) groups excluding carboxylic acids is 3. The number of amides is 2. The molecule has 29 heavy (non-hydrogen) atoms. The molecule has 2 N–H and O–H groups in total. The van der Waals surface area contributed by atoms with E-state index in [0.29, 0.717) is 29.6 Å². The van der Waals surface area contributed by atoms with Gasteiger partial charge in [-0.2, -0.15) is 0 Å². The van der Waals surface area contributed by atoms with Crippen LogP contribution in [0.25, 0.3) is 0 Å². The Labute approximate surface area is 169 Å². The van der Waals surface area contributed by atoms with Crippen LogP contribution in [-0.2, 0) is 9.53 Å². The van der Waals surface area contributed by atoms with Gasteiger partial charge in [0.25, 0.3) is 11.8 Å². The summed E-state index contributed by atoms with van der Waals surface area (Å²) in [4.78, 5) is 35.8. The summed E-state index contributed by atoms with van der Waals surface area (Å²) in [7, 11) is 1.47. The standard InChI is InChI=1S/C21H24N2O6/c1-14(2)12-28-17-10-9-16(11-18(17)27-3)21(26)29-13-19(24)22-23-20(25)15-7-5-4-6-8-15/h4-11,14H,12-13H2,1-3H3,(H,22,24)(H,23,25). The van der Waals surface area contributed by atoms with Crippen molar-refractivity contribution in [2.24, 2.45) is 5.92 Å². The molecule has 0 saturated carbocycles. The van der Waals surface area contributed by atoms with E-state index in [1.165, 1.54) is 19.2 Å². The third-order valence-electron chi connectivity index (χ3n) is 3.66. The van der Waals surface area contributed by atoms with Crippen LogP contribution in [0.4, 0.5) is 0 Å². The Balaban J connectivity index is 1.85. The number of hydrogen-bond acceptors (Lipinski definition) is 6. The minimum absolute atomic E-state index is 0.208. The van der Waals surface area contributed by atoms with Crippen LogP contribution >= 0.6 is 0 Å². The number of methoxy groups -OCH3 is 1. The van der Waals surface area contributed by atoms with Gasteiger partial charge in [0.15, 0.2) is 18.1 Å². The highest BCUT2D eigenvalue weighted by Crippen LogP contribution is 2.28. The minimum atomic E-state index is -0.705. The molecule has 0 atom stereocenters. The number of nitrogens with one attached hydrogen (secondary N) is 2. The van der Waals surface area contributed by atoms with Gasteiger partial charge in [-0.05, 0) is 36.2 Å². The number of ether oxygens (including phenoxy) is 3. The Morgan fingerprint density at radius 2 is 1.66 bits per heavy atom. The van der Waals surface area contributed by atoms with E-state index in [0.717, 1.165) is 0 Å². The van der Waals surface area contributed by atoms with Crippen LogP contribution in [-0.4, -0.2) is 38.1 Å². The van der Waals surface area contributed by atoms with Gasteiger partial charge >= 0.3 is 5.97 Å². The molecular weight excluding hydrogens is 376 g/mol. The van der Waals surface area contributed by atoms with Crippen molar-refractivity contribution >= 4 is 17.8 Å². The first kappa shape index (κ1) is 21.7. The van der Waals surface area contributed by atoms with Crippen LogP contribution in [0.5, 0.6) is 11.5 Å². The molecule has 0 aromatic heterocycles. The van der Waals surface area contributed by atoms with Crippen molar-refractivity contribution in [3.63, 3.8) is 0 Å². The van der Waals surface area contributed by atoms with E-state index in [9.17, 15) is 14.4 Å². The number of benzene rings is 2. The van der Waals surface area contributed by atoms with Gasteiger partial charge in [-0.3, -0.25) is 20.4 Å². The molecule has 8 heteroatoms. The fourth-order valence-electron chi connectivity index (χ4n) is 2.21. The summed E-state index contributed by atoms with van der Waals surface area (Å²) in [5.41, 5.74) is 5.03. The average Bonchev–Trinajstić information content (AvgIpc) is 2.74. The Kier molecular flexibility index (Phi) is 8.02. The predicted molar refractivity (Wildman–Crippen MR) is 106 cm³/mol. The van der Waals surface area contributed by atoms with Gasteiger partial charge in [0.05, 0.1) is 19.3 Å². The van der Waals surface area contributed by atoms with Crippen molar-refractivity contribution in [3.05, 3.63) is 59.7 Å². The maximum absolute atomic E-state index is 12.2. The molecule has 0 fully saturated rings. The second-order valence-corrected chi connectivity index (χ2v) is 6.51. The Morgan fingerprint density at radius 3 is 2.31 bits per heavy atom. The second kappa shape index (κ2) is 10.7. The molecule has 0 unspecified atom stereocenters. The van der Waals surface area contributed by atoms with Crippen LogP contribution in [0, 0.1) is 5.92 Å². The van der Waals surface area contributed by atoms with E-state index in [-0.39, 0.29) is 5.56 Å². The van der Waals surface area contributed by atoms with Gasteiger partial charge in [0.2, 0.25) is 0 Å². The van der Waals surface area contributed by atoms with Crippen molar-refractivity contribution in [1.82, 2.24) is 10.9 Å². The highest BCUT2D eigenvalue weighted by atomic mass is 16.5. The molecule has 2 aromatic rings. The van der Waals surface area contributed by atoms with Gasteiger partial charge in [-0.15, -0.1) is 0 Å². The Hall–Kier alpha value is -3.55. The number of hydrazine groups is 1. The van der Waals surface area contributed by atoms with E-state index in [1.54, 1.807) is 36.4 Å². The van der Waals surface area contributed by atoms with Crippen molar-refractivity contribution in [2.45, 2.75) is 13.8 Å². The molecule has 0 bridgehead atoms. The first-order chi connectivity index (χ1) is 13.9. The first-order valence-electron chi connectivity index (χ1n) is 9.03. The van der Waals surface area contributed by atoms with Gasteiger partial charge in [-0.25, -0.2) is 4.79 Å². The molecule has 2 aromatic carbocycles. The first-order valence-corrected chi connectivity index (χ1v) is 9.03. The summed E-state index contributed by atoms with van der Waals surface area (Å²) in [5, 5.41) is 0. The van der Waals surface area contributed by atoms with Crippen LogP contribution in [0.15, 0.2) is 48.5 Å². The summed E-state index contributed by atoms with van der Waals surface area (Å²) in [6, 6.07) is 13.0. The van der Waals surface area contributed by atoms with Gasteiger partial charge < -0.3 is 14.2 Å². The number of hydrogen-bond donors (Lipinski definition) is 2. The lowest BCUT2D eigenvalue weighted by Crippen LogP contribution is -2.43. The van der Waals surface area contributed by atoms with Crippen molar-refractivity contribution in [1.29, 1.82) is 0 Å². The van der Waals surface area contributed by atoms with E-state index >= 15 is 0 Å². The molecule has 2 rings (SSSR count). The zero-order chi connectivity index (χ0) is 21.2. The number of rotatable bonds is 8. The summed E-state index contributed by atoms with van der Waals surface area (Å²) in [5.74, 6) is -0.620. The fraction of sp³-hybridized carbons (Fsp3) is 0.286. The minimum Gasteiger partial charge on any atom is -0.493 e. The van der Waals surface area contributed by atoms with E-state index in [1.807, 2.05) is 13.8 Å². The summed E-state index contributed by atoms with van der Waals surface area (Å²) in [6.45, 7) is 3.99.